The van der Waals surface area contributed by atoms with Crippen LogP contribution >= 0.6 is 0 Å². The molecule has 0 aromatic heterocycles. The highest BCUT2D eigenvalue weighted by molar-refractivity contribution is 5.88. The van der Waals surface area contributed by atoms with Gasteiger partial charge in [0.15, 0.2) is 23.3 Å². The summed E-state index contributed by atoms with van der Waals surface area (Å²) in [5.74, 6) is -9.16. The predicted molar refractivity (Wildman–Crippen MR) is 55.2 cm³/mol. The highest BCUT2D eigenvalue weighted by Crippen LogP contribution is 2.25. The van der Waals surface area contributed by atoms with E-state index >= 15 is 0 Å². The Labute approximate surface area is 100 Å². The van der Waals surface area contributed by atoms with Crippen molar-refractivity contribution in [2.45, 2.75) is 19.3 Å². The minimum atomic E-state index is -2.06. The third-order valence-corrected chi connectivity index (χ3v) is 2.45. The molecule has 0 fully saturated rings. The van der Waals surface area contributed by atoms with Crippen LogP contribution in [0, 0.1) is 23.3 Å². The number of benzene rings is 1. The summed E-state index contributed by atoms with van der Waals surface area (Å²) in [7, 11) is 0. The maximum atomic E-state index is 13.4. The average molecular weight is 265 g/mol. The molecule has 1 aromatic rings. The number of aromatic carboxylic acids is 1. The minimum Gasteiger partial charge on any atom is -0.477 e. The first kappa shape index (κ1) is 14.4. The van der Waals surface area contributed by atoms with Crippen molar-refractivity contribution in [3.05, 3.63) is 34.4 Å². The zero-order valence-electron chi connectivity index (χ0n) is 9.27. The smallest absolute Gasteiger partial charge is 0.341 e. The van der Waals surface area contributed by atoms with Crippen molar-refractivity contribution in [3.63, 3.8) is 0 Å². The molecule has 0 radical (unpaired) electrons. The fourth-order valence-corrected chi connectivity index (χ4v) is 1.53. The molecule has 0 spiro atoms. The number of carboxylic acids is 1. The summed E-state index contributed by atoms with van der Waals surface area (Å²) < 4.78 is 53.4. The van der Waals surface area contributed by atoms with E-state index < -0.39 is 40.4 Å². The summed E-state index contributed by atoms with van der Waals surface area (Å²) in [5.41, 5.74) is 2.77. The first-order chi connectivity index (χ1) is 8.41. The van der Waals surface area contributed by atoms with E-state index in [-0.39, 0.29) is 19.4 Å². The van der Waals surface area contributed by atoms with Crippen LogP contribution in [-0.4, -0.2) is 17.6 Å². The first-order valence-electron chi connectivity index (χ1n) is 5.20. The van der Waals surface area contributed by atoms with E-state index in [1.807, 2.05) is 0 Å². The fourth-order valence-electron chi connectivity index (χ4n) is 1.53. The predicted octanol–water partition coefficient (Wildman–Crippen LogP) is 2.22. The molecule has 0 aliphatic rings. The molecule has 18 heavy (non-hydrogen) atoms. The van der Waals surface area contributed by atoms with Crippen molar-refractivity contribution < 1.29 is 27.5 Å². The lowest BCUT2D eigenvalue weighted by Crippen LogP contribution is -2.13. The lowest BCUT2D eigenvalue weighted by atomic mass is 10.0. The average Bonchev–Trinajstić information content (AvgIpc) is 2.31. The maximum Gasteiger partial charge on any atom is 0.341 e. The Hall–Kier alpha value is -1.63. The Balaban J connectivity index is 3.26. The van der Waals surface area contributed by atoms with E-state index in [9.17, 15) is 22.4 Å². The topological polar surface area (TPSA) is 63.3 Å². The van der Waals surface area contributed by atoms with Crippen LogP contribution in [0.3, 0.4) is 0 Å². The molecule has 0 amide bonds. The Morgan fingerprint density at radius 1 is 1.00 bits per heavy atom. The molecule has 3 nitrogen and oxygen atoms in total. The third-order valence-electron chi connectivity index (χ3n) is 2.45. The van der Waals surface area contributed by atoms with Crippen molar-refractivity contribution in [1.29, 1.82) is 0 Å². The summed E-state index contributed by atoms with van der Waals surface area (Å²) in [5, 5.41) is 8.47. The van der Waals surface area contributed by atoms with Gasteiger partial charge in [-0.05, 0) is 25.8 Å². The molecule has 0 saturated carbocycles. The molecule has 3 N–H and O–H groups in total. The molecule has 100 valence electrons. The molecule has 0 saturated heterocycles. The van der Waals surface area contributed by atoms with Crippen LogP contribution in [0.4, 0.5) is 17.6 Å². The van der Waals surface area contributed by atoms with Gasteiger partial charge in [0.1, 0.15) is 5.56 Å². The van der Waals surface area contributed by atoms with Gasteiger partial charge in [-0.15, -0.1) is 0 Å². The van der Waals surface area contributed by atoms with Gasteiger partial charge in [0.05, 0.1) is 0 Å². The summed E-state index contributed by atoms with van der Waals surface area (Å²) >= 11 is 0. The molecule has 0 aliphatic heterocycles. The standard InChI is InChI=1S/C11H11F4NO2/c12-7-5(3-1-2-4-16)8(13)10(15)6(9(7)14)11(17)18/h1-4,16H2,(H,17,18). The Kier molecular flexibility index (Phi) is 4.66. The number of carbonyl (C=O) groups is 1. The van der Waals surface area contributed by atoms with E-state index in [4.69, 9.17) is 10.8 Å². The zero-order valence-corrected chi connectivity index (χ0v) is 9.27. The number of unbranched alkanes of at least 4 members (excludes halogenated alkanes) is 1. The van der Waals surface area contributed by atoms with E-state index in [1.54, 1.807) is 0 Å². The van der Waals surface area contributed by atoms with Crippen LogP contribution in [0.1, 0.15) is 28.8 Å². The Morgan fingerprint density at radius 2 is 1.50 bits per heavy atom. The van der Waals surface area contributed by atoms with Crippen molar-refractivity contribution in [2.75, 3.05) is 6.54 Å². The molecule has 7 heteroatoms. The quantitative estimate of drug-likeness (QED) is 0.487. The molecule has 0 bridgehead atoms. The summed E-state index contributed by atoms with van der Waals surface area (Å²) in [6.07, 6.45) is 0.432. The van der Waals surface area contributed by atoms with Gasteiger partial charge in [-0.3, -0.25) is 0 Å². The normalized spacial score (nSPS) is 10.7. The SMILES string of the molecule is NCCCCc1c(F)c(F)c(C(=O)O)c(F)c1F. The van der Waals surface area contributed by atoms with E-state index in [1.165, 1.54) is 0 Å². The molecular formula is C11H11F4NO2. The van der Waals surface area contributed by atoms with E-state index in [0.717, 1.165) is 0 Å². The van der Waals surface area contributed by atoms with Crippen molar-refractivity contribution >= 4 is 5.97 Å². The summed E-state index contributed by atoms with van der Waals surface area (Å²) in [6.45, 7) is 0.279. The lowest BCUT2D eigenvalue weighted by molar-refractivity contribution is 0.0683. The Morgan fingerprint density at radius 3 is 1.89 bits per heavy atom. The zero-order chi connectivity index (χ0) is 13.9. The van der Waals surface area contributed by atoms with Crippen LogP contribution in [0.5, 0.6) is 0 Å². The monoisotopic (exact) mass is 265 g/mol. The van der Waals surface area contributed by atoms with E-state index in [0.29, 0.717) is 6.42 Å². The number of carboxylic acid groups (broad SMARTS) is 1. The number of hydrogen-bond acceptors (Lipinski definition) is 2. The second kappa shape index (κ2) is 5.81. The first-order valence-corrected chi connectivity index (χ1v) is 5.20. The van der Waals surface area contributed by atoms with Gasteiger partial charge in [0.2, 0.25) is 0 Å². The van der Waals surface area contributed by atoms with Crippen LogP contribution in [0.25, 0.3) is 0 Å². The van der Waals surface area contributed by atoms with E-state index in [2.05, 4.69) is 0 Å². The largest absolute Gasteiger partial charge is 0.477 e. The van der Waals surface area contributed by atoms with Gasteiger partial charge >= 0.3 is 5.97 Å². The number of nitrogens with two attached hydrogens (primary N) is 1. The van der Waals surface area contributed by atoms with Gasteiger partial charge in [-0.1, -0.05) is 0 Å². The van der Waals surface area contributed by atoms with Gasteiger partial charge in [-0.25, -0.2) is 22.4 Å². The summed E-state index contributed by atoms with van der Waals surface area (Å²) in [6, 6.07) is 0. The van der Waals surface area contributed by atoms with Crippen molar-refractivity contribution in [3.8, 4) is 0 Å². The number of halogens is 4. The molecule has 0 aliphatic carbocycles. The maximum absolute atomic E-state index is 13.4. The van der Waals surface area contributed by atoms with Crippen LogP contribution in [0.2, 0.25) is 0 Å². The van der Waals surface area contributed by atoms with Gasteiger partial charge in [-0.2, -0.15) is 0 Å². The van der Waals surface area contributed by atoms with Crippen molar-refractivity contribution in [1.82, 2.24) is 0 Å². The molecule has 0 atom stereocenters. The van der Waals surface area contributed by atoms with Crippen LogP contribution in [0.15, 0.2) is 0 Å². The van der Waals surface area contributed by atoms with Gasteiger partial charge < -0.3 is 10.8 Å². The second-order valence-electron chi connectivity index (χ2n) is 3.66. The molecule has 1 aromatic carbocycles. The highest BCUT2D eigenvalue weighted by Gasteiger charge is 2.28. The van der Waals surface area contributed by atoms with Crippen LogP contribution < -0.4 is 5.73 Å². The number of rotatable bonds is 5. The lowest BCUT2D eigenvalue weighted by Gasteiger charge is -2.09. The fraction of sp³-hybridized carbons (Fsp3) is 0.364. The van der Waals surface area contributed by atoms with Crippen molar-refractivity contribution in [2.24, 2.45) is 5.73 Å². The second-order valence-corrected chi connectivity index (χ2v) is 3.66. The molecule has 0 heterocycles. The molecular weight excluding hydrogens is 254 g/mol. The minimum absolute atomic E-state index is 0.246. The van der Waals surface area contributed by atoms with Gasteiger partial charge in [0, 0.05) is 5.56 Å². The van der Waals surface area contributed by atoms with Gasteiger partial charge in [0.25, 0.3) is 0 Å². The summed E-state index contributed by atoms with van der Waals surface area (Å²) in [4.78, 5) is 10.5. The van der Waals surface area contributed by atoms with Crippen LogP contribution in [-0.2, 0) is 6.42 Å². The molecule has 1 rings (SSSR count). The number of hydrogen-bond donors (Lipinski definition) is 2. The Bertz CT molecular complexity index is 448. The third kappa shape index (κ3) is 2.61. The molecule has 0 unspecified atom stereocenters. The highest BCUT2D eigenvalue weighted by atomic mass is 19.2.